The number of aromatic nitrogens is 1. The number of halogens is 1. The van der Waals surface area contributed by atoms with Gasteiger partial charge < -0.3 is 9.84 Å². The Balaban J connectivity index is 1.85. The maximum atomic E-state index is 13.5. The first kappa shape index (κ1) is 29.1. The molecular weight excluding hydrogens is 544 g/mol. The fraction of sp³-hybridized carbons (Fsp3) is 0.469. The molecule has 1 aromatic heterocycles. The van der Waals surface area contributed by atoms with Gasteiger partial charge in [-0.15, -0.1) is 0 Å². The zero-order valence-corrected chi connectivity index (χ0v) is 25.4. The molecule has 2 aromatic carbocycles. The zero-order valence-electron chi connectivity index (χ0n) is 23.8. The third kappa shape index (κ3) is 5.80. The molecule has 1 heterocycles. The van der Waals surface area contributed by atoms with Crippen molar-refractivity contribution in [1.29, 1.82) is 0 Å². The lowest BCUT2D eigenvalue weighted by atomic mass is 9.82. The molecule has 0 aliphatic heterocycles. The fourth-order valence-electron chi connectivity index (χ4n) is 6.33. The second kappa shape index (κ2) is 11.1. The van der Waals surface area contributed by atoms with Gasteiger partial charge in [0.1, 0.15) is 16.4 Å². The largest absolute Gasteiger partial charge is 0.456 e. The minimum Gasteiger partial charge on any atom is -0.456 e. The van der Waals surface area contributed by atoms with Crippen molar-refractivity contribution in [2.75, 3.05) is 0 Å². The zero-order chi connectivity index (χ0) is 28.8. The van der Waals surface area contributed by atoms with E-state index < -0.39 is 15.6 Å². The van der Waals surface area contributed by atoms with Gasteiger partial charge in [-0.1, -0.05) is 36.9 Å². The number of aryl methyl sites for hydroxylation is 3. The van der Waals surface area contributed by atoms with Crippen LogP contribution in [0.4, 0.5) is 0 Å². The average molecular weight is 583 g/mol. The van der Waals surface area contributed by atoms with Crippen LogP contribution in [0.25, 0.3) is 11.1 Å². The lowest BCUT2D eigenvalue weighted by Crippen LogP contribution is -2.23. The van der Waals surface area contributed by atoms with Crippen molar-refractivity contribution in [3.8, 4) is 22.6 Å². The topological polar surface area (TPSA) is 103 Å². The monoisotopic (exact) mass is 582 g/mol. The van der Waals surface area contributed by atoms with E-state index in [4.69, 9.17) is 26.5 Å². The van der Waals surface area contributed by atoms with Gasteiger partial charge >= 0.3 is 0 Å². The lowest BCUT2D eigenvalue weighted by molar-refractivity contribution is 0.0786. The van der Waals surface area contributed by atoms with Gasteiger partial charge in [0, 0.05) is 27.8 Å². The van der Waals surface area contributed by atoms with Gasteiger partial charge in [-0.3, -0.25) is 4.98 Å². The summed E-state index contributed by atoms with van der Waals surface area (Å²) in [4.78, 5) is 5.16. The number of sulfonamides is 1. The van der Waals surface area contributed by atoms with Crippen molar-refractivity contribution in [1.82, 2.24) is 4.98 Å². The second-order valence-electron chi connectivity index (χ2n) is 12.0. The molecule has 3 aromatic rings. The summed E-state index contributed by atoms with van der Waals surface area (Å²) >= 11 is 6.29. The van der Waals surface area contributed by atoms with E-state index in [1.165, 1.54) is 0 Å². The van der Waals surface area contributed by atoms with Gasteiger partial charge in [0.05, 0.1) is 11.3 Å². The number of pyridine rings is 1. The highest BCUT2D eigenvalue weighted by Gasteiger charge is 2.34. The molecule has 0 saturated heterocycles. The van der Waals surface area contributed by atoms with Crippen LogP contribution in [0.15, 0.2) is 35.2 Å². The van der Waals surface area contributed by atoms with Gasteiger partial charge in [-0.05, 0) is 113 Å². The van der Waals surface area contributed by atoms with Crippen LogP contribution in [0.5, 0.6) is 11.5 Å². The predicted molar refractivity (Wildman–Crippen MR) is 160 cm³/mol. The van der Waals surface area contributed by atoms with E-state index in [0.717, 1.165) is 73.8 Å². The Morgan fingerprint density at radius 1 is 1.00 bits per heavy atom. The van der Waals surface area contributed by atoms with Gasteiger partial charge in [0.15, 0.2) is 0 Å². The molecule has 40 heavy (non-hydrogen) atoms. The van der Waals surface area contributed by atoms with E-state index in [1.54, 1.807) is 13.8 Å². The Hall–Kier alpha value is -2.45. The highest BCUT2D eigenvalue weighted by atomic mass is 35.5. The van der Waals surface area contributed by atoms with E-state index in [0.29, 0.717) is 45.3 Å². The van der Waals surface area contributed by atoms with E-state index in [9.17, 15) is 13.5 Å². The van der Waals surface area contributed by atoms with Crippen LogP contribution in [-0.2, 0) is 28.5 Å². The number of ether oxygens (including phenoxy) is 1. The number of aliphatic hydroxyl groups is 1. The third-order valence-electron chi connectivity index (χ3n) is 8.32. The second-order valence-corrected chi connectivity index (χ2v) is 13.9. The minimum atomic E-state index is -4.15. The standard InChI is InChI=1S/C32H39ClN2O4S/c1-19-16-23(33)17-20(2)30(19)39-27-15-14-22(32(3,4)36)18-25(27)28-24-12-8-9-13-26(24)35-29(31(28)40(34,37)38)21-10-6-5-7-11-21/h14-18,21,36H,5-13H2,1-4H3,(H2,34,37,38). The Morgan fingerprint density at radius 2 is 1.65 bits per heavy atom. The van der Waals surface area contributed by atoms with Crippen LogP contribution >= 0.6 is 11.6 Å². The number of nitrogens with two attached hydrogens (primary N) is 1. The molecule has 0 atom stereocenters. The predicted octanol–water partition coefficient (Wildman–Crippen LogP) is 7.61. The minimum absolute atomic E-state index is 0.0376. The smallest absolute Gasteiger partial charge is 0.240 e. The van der Waals surface area contributed by atoms with Crippen molar-refractivity contribution in [2.45, 2.75) is 102 Å². The number of benzene rings is 2. The number of primary sulfonamides is 1. The SMILES string of the molecule is Cc1cc(Cl)cc(C)c1Oc1ccc(C(C)(C)O)cc1-c1c2c(nc(C3CCCCC3)c1S(N)(=O)=O)CCCC2. The van der Waals surface area contributed by atoms with Crippen molar-refractivity contribution in [2.24, 2.45) is 5.14 Å². The molecule has 2 aliphatic rings. The van der Waals surface area contributed by atoms with Crippen molar-refractivity contribution in [3.05, 3.63) is 69.0 Å². The summed E-state index contributed by atoms with van der Waals surface area (Å²) < 4.78 is 33.6. The summed E-state index contributed by atoms with van der Waals surface area (Å²) in [7, 11) is -4.15. The van der Waals surface area contributed by atoms with Gasteiger partial charge in [0.25, 0.3) is 0 Å². The fourth-order valence-corrected chi connectivity index (χ4v) is 7.68. The molecule has 3 N–H and O–H groups in total. The molecular formula is C32H39ClN2O4S. The summed E-state index contributed by atoms with van der Waals surface area (Å²) in [6, 6.07) is 9.20. The Labute approximate surface area is 243 Å². The highest BCUT2D eigenvalue weighted by molar-refractivity contribution is 7.89. The van der Waals surface area contributed by atoms with Gasteiger partial charge in [-0.2, -0.15) is 0 Å². The number of hydrogen-bond donors (Lipinski definition) is 2. The first-order valence-corrected chi connectivity index (χ1v) is 16.2. The molecule has 6 nitrogen and oxygen atoms in total. The summed E-state index contributed by atoms with van der Waals surface area (Å²) in [5.74, 6) is 1.20. The van der Waals surface area contributed by atoms with E-state index >= 15 is 0 Å². The molecule has 8 heteroatoms. The number of nitrogens with zero attached hydrogens (tertiary/aromatic N) is 1. The molecule has 0 radical (unpaired) electrons. The van der Waals surface area contributed by atoms with Crippen LogP contribution in [0.3, 0.4) is 0 Å². The molecule has 1 fully saturated rings. The van der Waals surface area contributed by atoms with Crippen molar-refractivity contribution < 1.29 is 18.3 Å². The van der Waals surface area contributed by atoms with Crippen molar-refractivity contribution in [3.63, 3.8) is 0 Å². The molecule has 0 amide bonds. The molecule has 0 bridgehead atoms. The van der Waals surface area contributed by atoms with E-state index in [-0.39, 0.29) is 10.8 Å². The molecule has 5 rings (SSSR count). The van der Waals surface area contributed by atoms with Crippen LogP contribution in [0.1, 0.15) is 98.4 Å². The maximum absolute atomic E-state index is 13.5. The maximum Gasteiger partial charge on any atom is 0.240 e. The molecule has 0 spiro atoms. The van der Waals surface area contributed by atoms with Crippen molar-refractivity contribution >= 4 is 21.6 Å². The Morgan fingerprint density at radius 3 is 2.27 bits per heavy atom. The molecule has 1 saturated carbocycles. The summed E-state index contributed by atoms with van der Waals surface area (Å²) in [6.45, 7) is 7.31. The van der Waals surface area contributed by atoms with E-state index in [1.807, 2.05) is 44.2 Å². The normalized spacial score (nSPS) is 16.6. The number of hydrogen-bond acceptors (Lipinski definition) is 5. The number of fused-ring (bicyclic) bond motifs is 1. The molecule has 214 valence electrons. The van der Waals surface area contributed by atoms with Gasteiger partial charge in [-0.25, -0.2) is 13.6 Å². The van der Waals surface area contributed by atoms with Crippen LogP contribution < -0.4 is 9.88 Å². The first-order chi connectivity index (χ1) is 18.8. The Kier molecular flexibility index (Phi) is 8.05. The summed E-state index contributed by atoms with van der Waals surface area (Å²) in [5, 5.41) is 17.7. The molecule has 0 unspecified atom stereocenters. The number of rotatable bonds is 6. The van der Waals surface area contributed by atoms with Crippen LogP contribution in [0, 0.1) is 13.8 Å². The van der Waals surface area contributed by atoms with Crippen LogP contribution in [0.2, 0.25) is 5.02 Å². The lowest BCUT2D eigenvalue weighted by Gasteiger charge is -2.29. The van der Waals surface area contributed by atoms with Gasteiger partial charge in [0.2, 0.25) is 10.0 Å². The summed E-state index contributed by atoms with van der Waals surface area (Å²) in [5.41, 5.74) is 4.89. The van der Waals surface area contributed by atoms with E-state index in [2.05, 4.69) is 0 Å². The Bertz CT molecular complexity index is 1530. The highest BCUT2D eigenvalue weighted by Crippen LogP contribution is 2.47. The quantitative estimate of drug-likeness (QED) is 0.311. The molecule has 2 aliphatic carbocycles. The summed E-state index contributed by atoms with van der Waals surface area (Å²) in [6.07, 6.45) is 8.46. The third-order valence-corrected chi connectivity index (χ3v) is 9.52. The van der Waals surface area contributed by atoms with Crippen LogP contribution in [-0.4, -0.2) is 18.5 Å². The first-order valence-electron chi connectivity index (χ1n) is 14.2. The average Bonchev–Trinajstić information content (AvgIpc) is 2.89.